The van der Waals surface area contributed by atoms with Gasteiger partial charge in [-0.1, -0.05) is 13.0 Å². The van der Waals surface area contributed by atoms with E-state index in [4.69, 9.17) is 5.11 Å². The third-order valence-corrected chi connectivity index (χ3v) is 4.11. The van der Waals surface area contributed by atoms with Crippen LogP contribution in [0, 0.1) is 11.7 Å². The highest BCUT2D eigenvalue weighted by Gasteiger charge is 2.26. The summed E-state index contributed by atoms with van der Waals surface area (Å²) < 4.78 is 14.0. The van der Waals surface area contributed by atoms with Crippen LogP contribution in [0.4, 0.5) is 10.1 Å². The highest BCUT2D eigenvalue weighted by Crippen LogP contribution is 2.32. The summed E-state index contributed by atoms with van der Waals surface area (Å²) in [5.41, 5.74) is 1.14. The number of benzene rings is 1. The molecule has 2 rings (SSSR count). The Labute approximate surface area is 118 Å². The standard InChI is InChI=1S/C16H20FNO2/c1-11-5-4-10-18(12(11)2)15-7-3-6-14(17)13(15)8-9-16(19)20/h3,6-9,11-12H,4-5,10H2,1-2H3,(H,19,20)/b9-8+. The molecule has 1 aromatic rings. The third-order valence-electron chi connectivity index (χ3n) is 4.11. The first-order chi connectivity index (χ1) is 9.50. The second kappa shape index (κ2) is 6.07. The van der Waals surface area contributed by atoms with Gasteiger partial charge in [-0.05, 0) is 43.9 Å². The largest absolute Gasteiger partial charge is 0.478 e. The van der Waals surface area contributed by atoms with Gasteiger partial charge < -0.3 is 10.0 Å². The zero-order chi connectivity index (χ0) is 14.7. The minimum Gasteiger partial charge on any atom is -0.478 e. The van der Waals surface area contributed by atoms with E-state index in [1.54, 1.807) is 6.07 Å². The zero-order valence-corrected chi connectivity index (χ0v) is 11.8. The van der Waals surface area contributed by atoms with Gasteiger partial charge in [0.15, 0.2) is 0 Å². The maximum atomic E-state index is 14.0. The number of hydrogen-bond donors (Lipinski definition) is 1. The van der Waals surface area contributed by atoms with E-state index < -0.39 is 5.97 Å². The molecule has 0 radical (unpaired) electrons. The van der Waals surface area contributed by atoms with Crippen LogP contribution in [-0.4, -0.2) is 23.7 Å². The molecule has 20 heavy (non-hydrogen) atoms. The van der Waals surface area contributed by atoms with Gasteiger partial charge in [0.05, 0.1) is 0 Å². The van der Waals surface area contributed by atoms with Crippen molar-refractivity contribution in [1.29, 1.82) is 0 Å². The predicted octanol–water partition coefficient (Wildman–Crippen LogP) is 3.55. The molecule has 2 atom stereocenters. The highest BCUT2D eigenvalue weighted by atomic mass is 19.1. The van der Waals surface area contributed by atoms with E-state index in [2.05, 4.69) is 18.7 Å². The molecule has 108 valence electrons. The average molecular weight is 277 g/mol. The molecule has 1 aromatic carbocycles. The van der Waals surface area contributed by atoms with E-state index >= 15 is 0 Å². The summed E-state index contributed by atoms with van der Waals surface area (Å²) in [5.74, 6) is -0.909. The third kappa shape index (κ3) is 3.00. The Balaban J connectivity index is 2.40. The van der Waals surface area contributed by atoms with Crippen LogP contribution in [0.25, 0.3) is 6.08 Å². The number of piperidine rings is 1. The molecule has 0 spiro atoms. The van der Waals surface area contributed by atoms with Gasteiger partial charge in [0.2, 0.25) is 0 Å². The van der Waals surface area contributed by atoms with Crippen LogP contribution in [0.1, 0.15) is 32.3 Å². The van der Waals surface area contributed by atoms with Gasteiger partial charge in [0, 0.05) is 29.9 Å². The lowest BCUT2D eigenvalue weighted by atomic mass is 9.91. The van der Waals surface area contributed by atoms with Crippen molar-refractivity contribution in [3.8, 4) is 0 Å². The van der Waals surface area contributed by atoms with E-state index in [1.807, 2.05) is 6.07 Å². The van der Waals surface area contributed by atoms with Crippen LogP contribution < -0.4 is 4.90 Å². The lowest BCUT2D eigenvalue weighted by Gasteiger charge is -2.40. The predicted molar refractivity (Wildman–Crippen MR) is 78.3 cm³/mol. The van der Waals surface area contributed by atoms with Gasteiger partial charge >= 0.3 is 5.97 Å². The summed E-state index contributed by atoms with van der Waals surface area (Å²) in [7, 11) is 0. The Hall–Kier alpha value is -1.84. The van der Waals surface area contributed by atoms with Gasteiger partial charge in [0.1, 0.15) is 5.82 Å². The summed E-state index contributed by atoms with van der Waals surface area (Å²) in [5, 5.41) is 8.74. The van der Waals surface area contributed by atoms with Gasteiger partial charge in [-0.2, -0.15) is 0 Å². The van der Waals surface area contributed by atoms with Crippen molar-refractivity contribution in [2.45, 2.75) is 32.7 Å². The Morgan fingerprint density at radius 3 is 2.90 bits per heavy atom. The van der Waals surface area contributed by atoms with E-state index in [0.717, 1.165) is 24.7 Å². The van der Waals surface area contributed by atoms with Crippen molar-refractivity contribution in [2.24, 2.45) is 5.92 Å². The summed E-state index contributed by atoms with van der Waals surface area (Å²) in [4.78, 5) is 12.8. The van der Waals surface area contributed by atoms with Crippen LogP contribution in [0.5, 0.6) is 0 Å². The van der Waals surface area contributed by atoms with E-state index in [9.17, 15) is 9.18 Å². The van der Waals surface area contributed by atoms with Gasteiger partial charge in [0.25, 0.3) is 0 Å². The van der Waals surface area contributed by atoms with Crippen molar-refractivity contribution in [2.75, 3.05) is 11.4 Å². The van der Waals surface area contributed by atoms with Crippen LogP contribution in [-0.2, 0) is 4.79 Å². The first-order valence-corrected chi connectivity index (χ1v) is 6.97. The summed E-state index contributed by atoms with van der Waals surface area (Å²) >= 11 is 0. The second-order valence-corrected chi connectivity index (χ2v) is 5.40. The molecule has 1 saturated heterocycles. The number of nitrogens with zero attached hydrogens (tertiary/aromatic N) is 1. The molecule has 1 N–H and O–H groups in total. The Kier molecular flexibility index (Phi) is 4.42. The molecule has 0 amide bonds. The molecular weight excluding hydrogens is 257 g/mol. The van der Waals surface area contributed by atoms with Crippen molar-refractivity contribution < 1.29 is 14.3 Å². The van der Waals surface area contributed by atoms with E-state index in [1.165, 1.54) is 18.6 Å². The summed E-state index contributed by atoms with van der Waals surface area (Å²) in [6, 6.07) is 5.22. The topological polar surface area (TPSA) is 40.5 Å². The Morgan fingerprint density at radius 2 is 2.20 bits per heavy atom. The number of carboxylic acids is 1. The number of halogens is 1. The van der Waals surface area contributed by atoms with E-state index in [-0.39, 0.29) is 5.82 Å². The van der Waals surface area contributed by atoms with E-state index in [0.29, 0.717) is 17.5 Å². The molecule has 2 unspecified atom stereocenters. The minimum absolute atomic E-state index is 0.322. The van der Waals surface area contributed by atoms with Crippen LogP contribution in [0.3, 0.4) is 0 Å². The normalized spacial score (nSPS) is 23.2. The van der Waals surface area contributed by atoms with Gasteiger partial charge in [-0.15, -0.1) is 0 Å². The Morgan fingerprint density at radius 1 is 1.45 bits per heavy atom. The quantitative estimate of drug-likeness (QED) is 0.859. The highest BCUT2D eigenvalue weighted by molar-refractivity contribution is 5.87. The zero-order valence-electron chi connectivity index (χ0n) is 11.8. The van der Waals surface area contributed by atoms with Crippen molar-refractivity contribution in [3.05, 3.63) is 35.7 Å². The fourth-order valence-corrected chi connectivity index (χ4v) is 2.77. The van der Waals surface area contributed by atoms with Crippen LogP contribution in [0.15, 0.2) is 24.3 Å². The van der Waals surface area contributed by atoms with Crippen molar-refractivity contribution in [1.82, 2.24) is 0 Å². The molecule has 0 aliphatic carbocycles. The summed E-state index contributed by atoms with van der Waals surface area (Å²) in [6.45, 7) is 5.21. The number of aliphatic carboxylic acids is 1. The Bertz CT molecular complexity index is 527. The second-order valence-electron chi connectivity index (χ2n) is 5.40. The molecule has 1 fully saturated rings. The monoisotopic (exact) mass is 277 g/mol. The fraction of sp³-hybridized carbons (Fsp3) is 0.438. The first-order valence-electron chi connectivity index (χ1n) is 6.97. The number of anilines is 1. The number of hydrogen-bond acceptors (Lipinski definition) is 2. The molecule has 0 bridgehead atoms. The fourth-order valence-electron chi connectivity index (χ4n) is 2.77. The lowest BCUT2D eigenvalue weighted by Crippen LogP contribution is -2.42. The summed E-state index contributed by atoms with van der Waals surface area (Å²) in [6.07, 6.45) is 4.58. The maximum absolute atomic E-state index is 14.0. The number of carboxylic acid groups (broad SMARTS) is 1. The molecule has 0 aromatic heterocycles. The van der Waals surface area contributed by atoms with Crippen molar-refractivity contribution in [3.63, 3.8) is 0 Å². The van der Waals surface area contributed by atoms with Gasteiger partial charge in [-0.25, -0.2) is 9.18 Å². The van der Waals surface area contributed by atoms with Gasteiger partial charge in [-0.3, -0.25) is 0 Å². The molecule has 1 aliphatic rings. The molecule has 0 saturated carbocycles. The number of carbonyl (C=O) groups is 1. The lowest BCUT2D eigenvalue weighted by molar-refractivity contribution is -0.131. The smallest absolute Gasteiger partial charge is 0.328 e. The average Bonchev–Trinajstić information content (AvgIpc) is 2.40. The number of rotatable bonds is 3. The maximum Gasteiger partial charge on any atom is 0.328 e. The van der Waals surface area contributed by atoms with Crippen molar-refractivity contribution >= 4 is 17.7 Å². The first kappa shape index (κ1) is 14.6. The molecule has 4 heteroatoms. The SMILES string of the molecule is CC1CCCN(c2cccc(F)c2/C=C/C(=O)O)C1C. The molecule has 1 aliphatic heterocycles. The minimum atomic E-state index is -1.07. The molecule has 3 nitrogen and oxygen atoms in total. The molecular formula is C16H20FNO2. The van der Waals surface area contributed by atoms with Crippen LogP contribution >= 0.6 is 0 Å². The van der Waals surface area contributed by atoms with Crippen LogP contribution in [0.2, 0.25) is 0 Å². The molecule has 1 heterocycles.